The average Bonchev–Trinajstić information content (AvgIpc) is 3.19. The van der Waals surface area contributed by atoms with E-state index < -0.39 is 11.5 Å². The molecule has 1 unspecified atom stereocenters. The molecule has 3 fully saturated rings. The lowest BCUT2D eigenvalue weighted by Gasteiger charge is -2.51. The van der Waals surface area contributed by atoms with Gasteiger partial charge in [-0.1, -0.05) is 18.2 Å². The topological polar surface area (TPSA) is 79.0 Å². The van der Waals surface area contributed by atoms with E-state index in [1.54, 1.807) is 23.1 Å². The van der Waals surface area contributed by atoms with Crippen molar-refractivity contribution in [2.24, 2.45) is 5.41 Å². The summed E-state index contributed by atoms with van der Waals surface area (Å²) in [6.45, 7) is 1.83. The van der Waals surface area contributed by atoms with Crippen LogP contribution >= 0.6 is 0 Å². The number of rotatable bonds is 4. The number of ether oxygens (including phenoxy) is 1. The van der Waals surface area contributed by atoms with Crippen LogP contribution in [0, 0.1) is 11.2 Å². The quantitative estimate of drug-likeness (QED) is 0.805. The summed E-state index contributed by atoms with van der Waals surface area (Å²) in [5.41, 5.74) is -0.463. The summed E-state index contributed by atoms with van der Waals surface area (Å²) in [6.07, 6.45) is 1.30. The molecule has 3 heterocycles. The maximum atomic E-state index is 14.3. The highest BCUT2D eigenvalue weighted by Gasteiger charge is 2.54. The number of amides is 3. The fourth-order valence-electron chi connectivity index (χ4n) is 4.29. The summed E-state index contributed by atoms with van der Waals surface area (Å²) in [5.74, 6) is -0.866. The van der Waals surface area contributed by atoms with E-state index in [1.165, 1.54) is 11.0 Å². The molecule has 0 spiro atoms. The summed E-state index contributed by atoms with van der Waals surface area (Å²) in [5, 5.41) is 2.70. The molecule has 150 valence electrons. The zero-order valence-corrected chi connectivity index (χ0v) is 15.7. The largest absolute Gasteiger partial charge is 0.368 e. The number of carbonyl (C=O) groups is 3. The van der Waals surface area contributed by atoms with E-state index >= 15 is 0 Å². The van der Waals surface area contributed by atoms with E-state index in [-0.39, 0.29) is 49.6 Å². The molecule has 4 rings (SSSR count). The van der Waals surface area contributed by atoms with E-state index in [0.29, 0.717) is 31.7 Å². The van der Waals surface area contributed by atoms with E-state index in [2.05, 4.69) is 5.32 Å². The maximum Gasteiger partial charge on any atom is 0.251 e. The molecule has 1 N–H and O–H groups in total. The predicted octanol–water partition coefficient (Wildman–Crippen LogP) is 0.334. The molecule has 0 saturated carbocycles. The molecule has 3 saturated heterocycles. The SMILES string of the molecule is O=C1CN(C(=O)C2(Cc3ccccc3F)CN(C(=O)C3CCCO3)C2)CCN1. The summed E-state index contributed by atoms with van der Waals surface area (Å²) < 4.78 is 19.7. The summed E-state index contributed by atoms with van der Waals surface area (Å²) >= 11 is 0. The normalized spacial score (nSPS) is 23.9. The third kappa shape index (κ3) is 3.48. The first-order valence-corrected chi connectivity index (χ1v) is 9.68. The van der Waals surface area contributed by atoms with Crippen LogP contribution in [0.1, 0.15) is 18.4 Å². The Morgan fingerprint density at radius 1 is 1.25 bits per heavy atom. The van der Waals surface area contributed by atoms with Gasteiger partial charge in [0.05, 0.1) is 12.0 Å². The van der Waals surface area contributed by atoms with Crippen LogP contribution in [0.4, 0.5) is 4.39 Å². The van der Waals surface area contributed by atoms with Gasteiger partial charge in [0.1, 0.15) is 11.9 Å². The lowest BCUT2D eigenvalue weighted by molar-refractivity contribution is -0.167. The number of piperazine rings is 1. The van der Waals surface area contributed by atoms with Crippen molar-refractivity contribution in [3.8, 4) is 0 Å². The van der Waals surface area contributed by atoms with Crippen LogP contribution < -0.4 is 5.32 Å². The van der Waals surface area contributed by atoms with Gasteiger partial charge in [0, 0.05) is 32.8 Å². The second kappa shape index (κ2) is 7.50. The Labute approximate surface area is 162 Å². The third-order valence-electron chi connectivity index (χ3n) is 5.77. The monoisotopic (exact) mass is 389 g/mol. The molecule has 3 aliphatic heterocycles. The summed E-state index contributed by atoms with van der Waals surface area (Å²) in [6, 6.07) is 6.38. The van der Waals surface area contributed by atoms with Crippen molar-refractivity contribution >= 4 is 17.7 Å². The summed E-state index contributed by atoms with van der Waals surface area (Å²) in [4.78, 5) is 40.8. The Balaban J connectivity index is 1.54. The number of likely N-dealkylation sites (tertiary alicyclic amines) is 1. The number of benzene rings is 1. The maximum absolute atomic E-state index is 14.3. The fraction of sp³-hybridized carbons (Fsp3) is 0.550. The zero-order valence-electron chi connectivity index (χ0n) is 15.7. The van der Waals surface area contributed by atoms with Crippen molar-refractivity contribution in [1.82, 2.24) is 15.1 Å². The number of carbonyl (C=O) groups excluding carboxylic acids is 3. The standard InChI is InChI=1S/C20H24FN3O4/c21-15-5-2-1-4-14(15)10-20(19(27)23-8-7-22-17(25)11-23)12-24(13-20)18(26)16-6-3-9-28-16/h1-2,4-5,16H,3,6-13H2,(H,22,25). The van der Waals surface area contributed by atoms with Crippen LogP contribution in [0.3, 0.4) is 0 Å². The molecule has 7 nitrogen and oxygen atoms in total. The molecule has 3 aliphatic rings. The molecule has 1 atom stereocenters. The number of nitrogens with zero attached hydrogens (tertiary/aromatic N) is 2. The zero-order chi connectivity index (χ0) is 19.7. The predicted molar refractivity (Wildman–Crippen MR) is 97.7 cm³/mol. The Morgan fingerprint density at radius 2 is 2.04 bits per heavy atom. The number of hydrogen-bond donors (Lipinski definition) is 1. The van der Waals surface area contributed by atoms with Gasteiger partial charge in [-0.25, -0.2) is 4.39 Å². The first-order valence-electron chi connectivity index (χ1n) is 9.68. The van der Waals surface area contributed by atoms with Crippen LogP contribution in [-0.4, -0.2) is 73.0 Å². The van der Waals surface area contributed by atoms with Gasteiger partial charge in [0.15, 0.2) is 0 Å². The molecule has 0 bridgehead atoms. The summed E-state index contributed by atoms with van der Waals surface area (Å²) in [7, 11) is 0. The van der Waals surface area contributed by atoms with Gasteiger partial charge in [-0.15, -0.1) is 0 Å². The Morgan fingerprint density at radius 3 is 2.71 bits per heavy atom. The van der Waals surface area contributed by atoms with E-state index in [0.717, 1.165) is 6.42 Å². The van der Waals surface area contributed by atoms with Crippen molar-refractivity contribution in [2.45, 2.75) is 25.4 Å². The Bertz CT molecular complexity index is 787. The Kier molecular flexibility index (Phi) is 5.05. The molecular weight excluding hydrogens is 365 g/mol. The fourth-order valence-corrected chi connectivity index (χ4v) is 4.29. The van der Waals surface area contributed by atoms with Gasteiger partial charge in [-0.2, -0.15) is 0 Å². The number of hydrogen-bond acceptors (Lipinski definition) is 4. The van der Waals surface area contributed by atoms with Gasteiger partial charge in [-0.3, -0.25) is 14.4 Å². The van der Waals surface area contributed by atoms with E-state index in [9.17, 15) is 18.8 Å². The van der Waals surface area contributed by atoms with E-state index in [1.807, 2.05) is 0 Å². The molecule has 3 amide bonds. The molecule has 0 radical (unpaired) electrons. The van der Waals surface area contributed by atoms with Gasteiger partial charge in [0.2, 0.25) is 11.8 Å². The van der Waals surface area contributed by atoms with E-state index in [4.69, 9.17) is 4.74 Å². The highest BCUT2D eigenvalue weighted by atomic mass is 19.1. The lowest BCUT2D eigenvalue weighted by Crippen LogP contribution is -2.68. The third-order valence-corrected chi connectivity index (χ3v) is 5.77. The second-order valence-electron chi connectivity index (χ2n) is 7.82. The van der Waals surface area contributed by atoms with Crippen LogP contribution in [0.15, 0.2) is 24.3 Å². The van der Waals surface area contributed by atoms with Gasteiger partial charge >= 0.3 is 0 Å². The van der Waals surface area contributed by atoms with Gasteiger partial charge in [-0.05, 0) is 30.9 Å². The van der Waals surface area contributed by atoms with Crippen LogP contribution in [0.5, 0.6) is 0 Å². The van der Waals surface area contributed by atoms with Crippen LogP contribution in [-0.2, 0) is 25.5 Å². The lowest BCUT2D eigenvalue weighted by atomic mass is 9.73. The smallest absolute Gasteiger partial charge is 0.251 e. The first-order chi connectivity index (χ1) is 13.5. The van der Waals surface area contributed by atoms with Crippen molar-refractivity contribution in [3.63, 3.8) is 0 Å². The Hall–Kier alpha value is -2.48. The van der Waals surface area contributed by atoms with Crippen molar-refractivity contribution in [1.29, 1.82) is 0 Å². The number of nitrogens with one attached hydrogen (secondary N) is 1. The molecule has 28 heavy (non-hydrogen) atoms. The molecule has 1 aromatic rings. The first kappa shape index (κ1) is 18.9. The molecule has 0 aliphatic carbocycles. The van der Waals surface area contributed by atoms with Crippen molar-refractivity contribution < 1.29 is 23.5 Å². The minimum Gasteiger partial charge on any atom is -0.368 e. The number of halogens is 1. The highest BCUT2D eigenvalue weighted by Crippen LogP contribution is 2.38. The van der Waals surface area contributed by atoms with Crippen LogP contribution in [0.2, 0.25) is 0 Å². The molecule has 0 aromatic heterocycles. The second-order valence-corrected chi connectivity index (χ2v) is 7.82. The van der Waals surface area contributed by atoms with Gasteiger partial charge in [0.25, 0.3) is 5.91 Å². The highest BCUT2D eigenvalue weighted by molar-refractivity contribution is 5.92. The van der Waals surface area contributed by atoms with Crippen LogP contribution in [0.25, 0.3) is 0 Å². The van der Waals surface area contributed by atoms with Crippen molar-refractivity contribution in [3.05, 3.63) is 35.6 Å². The average molecular weight is 389 g/mol. The molecular formula is C20H24FN3O4. The minimum absolute atomic E-state index is 0.00244. The van der Waals surface area contributed by atoms with Crippen molar-refractivity contribution in [2.75, 3.05) is 39.3 Å². The van der Waals surface area contributed by atoms with Gasteiger partial charge < -0.3 is 19.9 Å². The molecule has 8 heteroatoms. The molecule has 1 aromatic carbocycles. The minimum atomic E-state index is -0.909.